The summed E-state index contributed by atoms with van der Waals surface area (Å²) < 4.78 is 5.70. The summed E-state index contributed by atoms with van der Waals surface area (Å²) in [5.74, 6) is -0.146. The Morgan fingerprint density at radius 3 is 2.26 bits per heavy atom. The van der Waals surface area contributed by atoms with E-state index in [0.717, 1.165) is 16.5 Å². The van der Waals surface area contributed by atoms with Gasteiger partial charge in [-0.15, -0.1) is 0 Å². The molecule has 0 aliphatic carbocycles. The van der Waals surface area contributed by atoms with E-state index in [-0.39, 0.29) is 11.3 Å². The van der Waals surface area contributed by atoms with Crippen molar-refractivity contribution in [3.05, 3.63) is 94.5 Å². The normalized spacial score (nSPS) is 10.7. The Balaban J connectivity index is 1.74. The summed E-state index contributed by atoms with van der Waals surface area (Å²) in [5.41, 5.74) is 2.60. The van der Waals surface area contributed by atoms with Gasteiger partial charge in [-0.3, -0.25) is 10.1 Å². The lowest BCUT2D eigenvalue weighted by Gasteiger charge is -2.07. The number of ether oxygens (including phenoxy) is 1. The van der Waals surface area contributed by atoms with E-state index in [1.54, 1.807) is 0 Å². The molecule has 0 amide bonds. The second-order valence-electron chi connectivity index (χ2n) is 5.93. The molecule has 4 aromatic rings. The zero-order valence-electron chi connectivity index (χ0n) is 14.1. The largest absolute Gasteiger partial charge is 0.420 e. The van der Waals surface area contributed by atoms with Gasteiger partial charge in [0, 0.05) is 28.6 Å². The third-order valence-corrected chi connectivity index (χ3v) is 4.23. The van der Waals surface area contributed by atoms with E-state index in [4.69, 9.17) is 4.74 Å². The molecule has 0 bridgehead atoms. The number of para-hydroxylation sites is 1. The molecule has 1 aromatic heterocycles. The average Bonchev–Trinajstić information content (AvgIpc) is 3.07. The molecule has 1 heterocycles. The van der Waals surface area contributed by atoms with E-state index in [1.165, 1.54) is 24.3 Å². The molecule has 0 spiro atoms. The SMILES string of the molecule is O=C(Oc1c(-c2ccccc2)[nH]c2ccccc12)c1ccc([N+](=O)[O-])cc1. The van der Waals surface area contributed by atoms with Gasteiger partial charge in [-0.1, -0.05) is 42.5 Å². The maximum Gasteiger partial charge on any atom is 0.343 e. The minimum Gasteiger partial charge on any atom is -0.420 e. The summed E-state index contributed by atoms with van der Waals surface area (Å²) in [6, 6.07) is 22.5. The molecular weight excluding hydrogens is 344 g/mol. The third kappa shape index (κ3) is 3.16. The van der Waals surface area contributed by atoms with Crippen LogP contribution in [0.15, 0.2) is 78.9 Å². The van der Waals surface area contributed by atoms with Crippen molar-refractivity contribution < 1.29 is 14.5 Å². The Hall–Kier alpha value is -3.93. The van der Waals surface area contributed by atoms with Crippen LogP contribution in [0.5, 0.6) is 5.75 Å². The molecule has 0 radical (unpaired) electrons. The van der Waals surface area contributed by atoms with Crippen LogP contribution in [-0.2, 0) is 0 Å². The summed E-state index contributed by atoms with van der Waals surface area (Å²) in [5, 5.41) is 11.6. The maximum absolute atomic E-state index is 12.6. The Kier molecular flexibility index (Phi) is 4.14. The van der Waals surface area contributed by atoms with E-state index in [0.29, 0.717) is 11.4 Å². The van der Waals surface area contributed by atoms with Gasteiger partial charge < -0.3 is 9.72 Å². The molecule has 27 heavy (non-hydrogen) atoms. The highest BCUT2D eigenvalue weighted by atomic mass is 16.6. The summed E-state index contributed by atoms with van der Waals surface area (Å²) in [6.45, 7) is 0. The predicted molar refractivity (Wildman–Crippen MR) is 102 cm³/mol. The summed E-state index contributed by atoms with van der Waals surface area (Å²) >= 11 is 0. The standard InChI is InChI=1S/C21H14N2O4/c24-21(15-10-12-16(13-11-15)23(25)26)27-20-17-8-4-5-9-18(17)22-19(20)14-6-2-1-3-7-14/h1-13,22H. The Labute approximate surface area is 154 Å². The lowest BCUT2D eigenvalue weighted by molar-refractivity contribution is -0.384. The van der Waals surface area contributed by atoms with E-state index in [1.807, 2.05) is 54.6 Å². The molecule has 4 rings (SSSR count). The predicted octanol–water partition coefficient (Wildman–Crippen LogP) is 4.96. The van der Waals surface area contributed by atoms with Crippen molar-refractivity contribution in [2.75, 3.05) is 0 Å². The molecule has 0 aliphatic heterocycles. The Morgan fingerprint density at radius 1 is 0.889 bits per heavy atom. The van der Waals surface area contributed by atoms with E-state index >= 15 is 0 Å². The molecule has 1 N–H and O–H groups in total. The molecule has 6 heteroatoms. The van der Waals surface area contributed by atoms with Crippen molar-refractivity contribution in [1.29, 1.82) is 0 Å². The highest BCUT2D eigenvalue weighted by Gasteiger charge is 2.19. The third-order valence-electron chi connectivity index (χ3n) is 4.23. The Bertz CT molecular complexity index is 1130. The molecule has 0 atom stereocenters. The molecule has 0 aliphatic rings. The second-order valence-corrected chi connectivity index (χ2v) is 5.93. The van der Waals surface area contributed by atoms with Crippen LogP contribution in [0.4, 0.5) is 5.69 Å². The van der Waals surface area contributed by atoms with Crippen LogP contribution in [-0.4, -0.2) is 15.9 Å². The highest BCUT2D eigenvalue weighted by molar-refractivity contribution is 5.99. The van der Waals surface area contributed by atoms with Gasteiger partial charge in [0.15, 0.2) is 5.75 Å². The molecule has 6 nitrogen and oxygen atoms in total. The smallest absolute Gasteiger partial charge is 0.343 e. The zero-order valence-corrected chi connectivity index (χ0v) is 14.1. The zero-order chi connectivity index (χ0) is 18.8. The first-order valence-electron chi connectivity index (χ1n) is 8.26. The number of aromatic nitrogens is 1. The lowest BCUT2D eigenvalue weighted by Crippen LogP contribution is -2.08. The van der Waals surface area contributed by atoms with Crippen molar-refractivity contribution in [3.8, 4) is 17.0 Å². The number of carbonyl (C=O) groups is 1. The molecular formula is C21H14N2O4. The quantitative estimate of drug-likeness (QED) is 0.317. The van der Waals surface area contributed by atoms with Crippen LogP contribution in [0.1, 0.15) is 10.4 Å². The highest BCUT2D eigenvalue weighted by Crippen LogP contribution is 2.37. The number of nitrogens with one attached hydrogen (secondary N) is 1. The summed E-state index contributed by atoms with van der Waals surface area (Å²) in [6.07, 6.45) is 0. The number of hydrogen-bond donors (Lipinski definition) is 1. The summed E-state index contributed by atoms with van der Waals surface area (Å²) in [7, 11) is 0. The van der Waals surface area contributed by atoms with Gasteiger partial charge in [0.05, 0.1) is 16.2 Å². The molecule has 3 aromatic carbocycles. The van der Waals surface area contributed by atoms with Gasteiger partial charge in [0.25, 0.3) is 5.69 Å². The van der Waals surface area contributed by atoms with Crippen molar-refractivity contribution in [3.63, 3.8) is 0 Å². The number of hydrogen-bond acceptors (Lipinski definition) is 4. The number of esters is 1. The van der Waals surface area contributed by atoms with Crippen LogP contribution in [0, 0.1) is 10.1 Å². The number of aromatic amines is 1. The number of benzene rings is 3. The van der Waals surface area contributed by atoms with Crippen molar-refractivity contribution in [2.45, 2.75) is 0 Å². The summed E-state index contributed by atoms with van der Waals surface area (Å²) in [4.78, 5) is 26.2. The van der Waals surface area contributed by atoms with Crippen molar-refractivity contribution >= 4 is 22.6 Å². The van der Waals surface area contributed by atoms with Gasteiger partial charge in [-0.25, -0.2) is 4.79 Å². The van der Waals surface area contributed by atoms with Gasteiger partial charge in [-0.2, -0.15) is 0 Å². The number of fused-ring (bicyclic) bond motifs is 1. The molecule has 132 valence electrons. The van der Waals surface area contributed by atoms with Gasteiger partial charge in [0.2, 0.25) is 0 Å². The fraction of sp³-hybridized carbons (Fsp3) is 0. The van der Waals surface area contributed by atoms with Gasteiger partial charge in [-0.05, 0) is 24.3 Å². The Morgan fingerprint density at radius 2 is 1.56 bits per heavy atom. The van der Waals surface area contributed by atoms with Crippen LogP contribution < -0.4 is 4.74 Å². The number of nitrogens with zero attached hydrogens (tertiary/aromatic N) is 1. The minimum absolute atomic E-state index is 0.0800. The number of H-pyrrole nitrogens is 1. The van der Waals surface area contributed by atoms with Crippen LogP contribution in [0.3, 0.4) is 0 Å². The van der Waals surface area contributed by atoms with Crippen molar-refractivity contribution in [1.82, 2.24) is 4.98 Å². The van der Waals surface area contributed by atoms with E-state index in [9.17, 15) is 14.9 Å². The van der Waals surface area contributed by atoms with Crippen LogP contribution >= 0.6 is 0 Å². The molecule has 0 saturated carbocycles. The fourth-order valence-electron chi connectivity index (χ4n) is 2.90. The molecule has 0 saturated heterocycles. The first-order chi connectivity index (χ1) is 13.1. The monoisotopic (exact) mass is 358 g/mol. The second kappa shape index (κ2) is 6.76. The van der Waals surface area contributed by atoms with Crippen LogP contribution in [0.25, 0.3) is 22.2 Å². The number of nitro benzene ring substituents is 1. The minimum atomic E-state index is -0.577. The van der Waals surface area contributed by atoms with E-state index < -0.39 is 10.9 Å². The van der Waals surface area contributed by atoms with Gasteiger partial charge >= 0.3 is 5.97 Å². The maximum atomic E-state index is 12.6. The lowest BCUT2D eigenvalue weighted by atomic mass is 10.1. The topological polar surface area (TPSA) is 85.2 Å². The average molecular weight is 358 g/mol. The van der Waals surface area contributed by atoms with Crippen LogP contribution in [0.2, 0.25) is 0 Å². The van der Waals surface area contributed by atoms with Crippen molar-refractivity contribution in [2.24, 2.45) is 0 Å². The number of rotatable bonds is 4. The first kappa shape index (κ1) is 16.5. The number of non-ortho nitro benzene ring substituents is 1. The molecule has 0 unspecified atom stereocenters. The number of carbonyl (C=O) groups excluding carboxylic acids is 1. The fourth-order valence-corrected chi connectivity index (χ4v) is 2.90. The number of nitro groups is 1. The van der Waals surface area contributed by atoms with Gasteiger partial charge in [0.1, 0.15) is 0 Å². The molecule has 0 fully saturated rings. The van der Waals surface area contributed by atoms with E-state index in [2.05, 4.69) is 4.98 Å². The first-order valence-corrected chi connectivity index (χ1v) is 8.26.